The van der Waals surface area contributed by atoms with Crippen molar-refractivity contribution in [3.63, 3.8) is 0 Å². The highest BCUT2D eigenvalue weighted by Gasteiger charge is 2.35. The molecule has 38 heavy (non-hydrogen) atoms. The predicted octanol–water partition coefficient (Wildman–Crippen LogP) is 5.80. The maximum atomic E-state index is 14.1. The van der Waals surface area contributed by atoms with Crippen molar-refractivity contribution in [1.29, 1.82) is 0 Å². The summed E-state index contributed by atoms with van der Waals surface area (Å²) in [6, 6.07) is 4.68. The van der Waals surface area contributed by atoms with E-state index in [1.54, 1.807) is 49.6 Å². The van der Waals surface area contributed by atoms with Crippen LogP contribution in [0.15, 0.2) is 24.3 Å². The Bertz CT molecular complexity index is 842. The largest absolute Gasteiger partial charge is 0.508 e. The van der Waals surface area contributed by atoms with Gasteiger partial charge >= 0.3 is 6.09 Å². The first-order chi connectivity index (χ1) is 18.0. The molecule has 0 saturated heterocycles. The molecule has 0 radical (unpaired) electrons. The second kappa shape index (κ2) is 18.0. The minimum absolute atomic E-state index is 0.0844. The van der Waals surface area contributed by atoms with Crippen molar-refractivity contribution in [1.82, 2.24) is 15.5 Å². The molecule has 2 atom stereocenters. The monoisotopic (exact) mass is 551 g/mol. The number of alkyl carbamates (subject to hydrolysis) is 1. The van der Waals surface area contributed by atoms with Gasteiger partial charge in [-0.15, -0.1) is 0 Å². The zero-order valence-corrected chi connectivity index (χ0v) is 25.0. The fraction of sp³-hybridized carbons (Fsp3) is 0.690. The molecule has 3 amide bonds. The molecule has 2 unspecified atom stereocenters. The Morgan fingerprint density at radius 3 is 2.21 bits per heavy atom. The molecule has 0 bridgehead atoms. The summed E-state index contributed by atoms with van der Waals surface area (Å²) in [6.45, 7) is 10.4. The van der Waals surface area contributed by atoms with Crippen molar-refractivity contribution in [3.8, 4) is 5.75 Å². The van der Waals surface area contributed by atoms with E-state index in [-0.39, 0.29) is 17.6 Å². The molecule has 0 aliphatic carbocycles. The van der Waals surface area contributed by atoms with Gasteiger partial charge in [0.25, 0.3) is 0 Å². The predicted molar refractivity (Wildman–Crippen MR) is 155 cm³/mol. The lowest BCUT2D eigenvalue weighted by atomic mass is 10.0. The summed E-state index contributed by atoms with van der Waals surface area (Å²) in [5, 5.41) is 15.6. The highest BCUT2D eigenvalue weighted by atomic mass is 32.2. The molecule has 3 N–H and O–H groups in total. The van der Waals surface area contributed by atoms with Gasteiger partial charge in [-0.05, 0) is 69.7 Å². The number of benzene rings is 1. The van der Waals surface area contributed by atoms with Crippen molar-refractivity contribution in [2.45, 2.75) is 104 Å². The van der Waals surface area contributed by atoms with E-state index in [1.165, 1.54) is 12.1 Å². The highest BCUT2D eigenvalue weighted by Crippen LogP contribution is 2.26. The minimum atomic E-state index is -0.886. The third-order valence-corrected chi connectivity index (χ3v) is 6.63. The van der Waals surface area contributed by atoms with Crippen LogP contribution in [0.2, 0.25) is 0 Å². The third-order valence-electron chi connectivity index (χ3n) is 5.98. The van der Waals surface area contributed by atoms with Crippen LogP contribution < -0.4 is 10.6 Å². The molecule has 0 spiro atoms. The number of aromatic hydroxyl groups is 1. The average Bonchev–Trinajstić information content (AvgIpc) is 2.85. The quantitative estimate of drug-likeness (QED) is 0.211. The zero-order valence-electron chi connectivity index (χ0n) is 24.2. The normalized spacial score (nSPS) is 12.9. The van der Waals surface area contributed by atoms with Crippen molar-refractivity contribution in [2.24, 2.45) is 0 Å². The molecule has 1 rings (SSSR count). The minimum Gasteiger partial charge on any atom is -0.508 e. The number of rotatable bonds is 17. The van der Waals surface area contributed by atoms with E-state index >= 15 is 0 Å². The Morgan fingerprint density at radius 1 is 1.00 bits per heavy atom. The van der Waals surface area contributed by atoms with Crippen LogP contribution >= 0.6 is 11.8 Å². The lowest BCUT2D eigenvalue weighted by molar-refractivity contribution is -0.142. The third kappa shape index (κ3) is 12.9. The van der Waals surface area contributed by atoms with Gasteiger partial charge in [-0.1, -0.05) is 58.1 Å². The lowest BCUT2D eigenvalue weighted by Gasteiger charge is -2.34. The Labute approximate surface area is 233 Å². The molecule has 1 aromatic rings. The Hall–Kier alpha value is -2.42. The SMILES string of the molecule is CCCCCCN(C(=O)C(CCSC)NC(=O)OC(C)(C)C)C(C(=O)NCCCCC)c1ccc(O)cc1. The number of thioether (sulfide) groups is 1. The zero-order chi connectivity index (χ0) is 28.6. The summed E-state index contributed by atoms with van der Waals surface area (Å²) >= 11 is 1.58. The van der Waals surface area contributed by atoms with Crippen molar-refractivity contribution in [2.75, 3.05) is 25.1 Å². The van der Waals surface area contributed by atoms with E-state index in [4.69, 9.17) is 4.74 Å². The van der Waals surface area contributed by atoms with E-state index in [9.17, 15) is 19.5 Å². The van der Waals surface area contributed by atoms with Gasteiger partial charge in [-0.3, -0.25) is 9.59 Å². The van der Waals surface area contributed by atoms with Gasteiger partial charge in [0.15, 0.2) is 0 Å². The van der Waals surface area contributed by atoms with Crippen LogP contribution in [0.4, 0.5) is 4.79 Å². The average molecular weight is 552 g/mol. The number of hydrogen-bond donors (Lipinski definition) is 3. The smallest absolute Gasteiger partial charge is 0.408 e. The first-order valence-electron chi connectivity index (χ1n) is 13.9. The summed E-state index contributed by atoms with van der Waals surface area (Å²) in [4.78, 5) is 41.9. The van der Waals surface area contributed by atoms with Crippen LogP contribution in [0.3, 0.4) is 0 Å². The molecule has 1 aromatic carbocycles. The molecular weight excluding hydrogens is 502 g/mol. The number of phenolic OH excluding ortho intramolecular Hbond substituents is 1. The molecule has 0 saturated carbocycles. The maximum Gasteiger partial charge on any atom is 0.408 e. The summed E-state index contributed by atoms with van der Waals surface area (Å²) < 4.78 is 5.44. The van der Waals surface area contributed by atoms with E-state index in [0.717, 1.165) is 44.9 Å². The van der Waals surface area contributed by atoms with Crippen molar-refractivity contribution in [3.05, 3.63) is 29.8 Å². The fourth-order valence-corrected chi connectivity index (χ4v) is 4.50. The fourth-order valence-electron chi connectivity index (χ4n) is 4.03. The number of ether oxygens (including phenoxy) is 1. The van der Waals surface area contributed by atoms with Crippen LogP contribution in [-0.2, 0) is 14.3 Å². The Balaban J connectivity index is 3.38. The second-order valence-corrected chi connectivity index (χ2v) is 11.6. The topological polar surface area (TPSA) is 108 Å². The molecule has 8 nitrogen and oxygen atoms in total. The van der Waals surface area contributed by atoms with E-state index < -0.39 is 23.8 Å². The van der Waals surface area contributed by atoms with Gasteiger partial charge in [-0.2, -0.15) is 11.8 Å². The van der Waals surface area contributed by atoms with Gasteiger partial charge in [0.2, 0.25) is 11.8 Å². The van der Waals surface area contributed by atoms with Gasteiger partial charge in [-0.25, -0.2) is 4.79 Å². The Kier molecular flexibility index (Phi) is 15.9. The van der Waals surface area contributed by atoms with Crippen LogP contribution in [0.5, 0.6) is 5.75 Å². The molecule has 216 valence electrons. The second-order valence-electron chi connectivity index (χ2n) is 10.6. The lowest BCUT2D eigenvalue weighted by Crippen LogP contribution is -2.53. The first kappa shape index (κ1) is 33.6. The maximum absolute atomic E-state index is 14.1. The van der Waals surface area contributed by atoms with E-state index in [0.29, 0.717) is 30.8 Å². The van der Waals surface area contributed by atoms with Gasteiger partial charge < -0.3 is 25.4 Å². The molecular formula is C29H49N3O5S. The molecule has 0 aliphatic heterocycles. The summed E-state index contributed by atoms with van der Waals surface area (Å²) in [7, 11) is 0. The van der Waals surface area contributed by atoms with E-state index in [2.05, 4.69) is 24.5 Å². The van der Waals surface area contributed by atoms with Crippen molar-refractivity contribution < 1.29 is 24.2 Å². The number of carbonyl (C=O) groups excluding carboxylic acids is 3. The first-order valence-corrected chi connectivity index (χ1v) is 15.3. The molecule has 9 heteroatoms. The molecule has 0 heterocycles. The van der Waals surface area contributed by atoms with Crippen LogP contribution in [0.25, 0.3) is 0 Å². The number of phenols is 1. The van der Waals surface area contributed by atoms with Gasteiger partial charge in [0, 0.05) is 13.1 Å². The van der Waals surface area contributed by atoms with Crippen molar-refractivity contribution >= 4 is 29.7 Å². The molecule has 0 aliphatic rings. The number of amides is 3. The van der Waals surface area contributed by atoms with Gasteiger partial charge in [0.05, 0.1) is 0 Å². The number of nitrogens with zero attached hydrogens (tertiary/aromatic N) is 1. The number of carbonyl (C=O) groups is 3. The van der Waals surface area contributed by atoms with E-state index in [1.807, 2.05) is 6.26 Å². The standard InChI is InChI=1S/C29H49N3O5S/c1-7-9-11-13-20-32(27(35)24(18-21-38-6)31-28(36)37-29(3,4)5)25(22-14-16-23(33)17-15-22)26(34)30-19-12-10-8-2/h14-17,24-25,33H,7-13,18-21H2,1-6H3,(H,30,34)(H,31,36). The Morgan fingerprint density at radius 2 is 1.63 bits per heavy atom. The highest BCUT2D eigenvalue weighted by molar-refractivity contribution is 7.98. The van der Waals surface area contributed by atoms with Crippen LogP contribution in [-0.4, -0.2) is 64.7 Å². The summed E-state index contributed by atoms with van der Waals surface area (Å²) in [5.74, 6) is 0.156. The van der Waals surface area contributed by atoms with Crippen LogP contribution in [0, 0.1) is 0 Å². The van der Waals surface area contributed by atoms with Crippen LogP contribution in [0.1, 0.15) is 97.6 Å². The summed E-state index contributed by atoms with van der Waals surface area (Å²) in [5.41, 5.74) is -0.0928. The summed E-state index contributed by atoms with van der Waals surface area (Å²) in [6.07, 6.45) is 8.32. The number of unbranched alkanes of at least 4 members (excludes halogenated alkanes) is 5. The molecule has 0 aromatic heterocycles. The number of hydrogen-bond acceptors (Lipinski definition) is 6. The number of nitrogens with one attached hydrogen (secondary N) is 2. The molecule has 0 fully saturated rings. The van der Waals surface area contributed by atoms with Gasteiger partial charge in [0.1, 0.15) is 23.4 Å².